The lowest BCUT2D eigenvalue weighted by molar-refractivity contribution is -0.146. The molecule has 0 bridgehead atoms. The maximum absolute atomic E-state index is 11.3. The fraction of sp³-hybridized carbons (Fsp3) is 0.917. The van der Waals surface area contributed by atoms with Crippen molar-refractivity contribution in [1.29, 1.82) is 0 Å². The van der Waals surface area contributed by atoms with Crippen LogP contribution in [0, 0.1) is 5.92 Å². The van der Waals surface area contributed by atoms with E-state index in [0.29, 0.717) is 12.3 Å². The monoisotopic (exact) mass is 212 g/mol. The first-order valence-corrected chi connectivity index (χ1v) is 5.98. The molecule has 2 fully saturated rings. The van der Waals surface area contributed by atoms with E-state index in [1.807, 2.05) is 0 Å². The highest BCUT2D eigenvalue weighted by Crippen LogP contribution is 2.45. The van der Waals surface area contributed by atoms with Crippen LogP contribution in [0.2, 0.25) is 0 Å². The molecule has 1 heterocycles. The second-order valence-corrected chi connectivity index (χ2v) is 4.74. The summed E-state index contributed by atoms with van der Waals surface area (Å²) in [5.41, 5.74) is 0.0203. The van der Waals surface area contributed by atoms with Gasteiger partial charge in [0, 0.05) is 6.61 Å². The molecule has 0 aromatic heterocycles. The first-order chi connectivity index (χ1) is 7.27. The Morgan fingerprint density at radius 2 is 2.20 bits per heavy atom. The van der Waals surface area contributed by atoms with Gasteiger partial charge in [0.15, 0.2) is 0 Å². The Balaban J connectivity index is 2.02. The van der Waals surface area contributed by atoms with Gasteiger partial charge in [-0.25, -0.2) is 0 Å². The van der Waals surface area contributed by atoms with E-state index in [1.165, 1.54) is 20.0 Å². The van der Waals surface area contributed by atoms with Gasteiger partial charge in [-0.3, -0.25) is 4.79 Å². The van der Waals surface area contributed by atoms with Gasteiger partial charge in [-0.1, -0.05) is 12.8 Å². The van der Waals surface area contributed by atoms with Crippen molar-refractivity contribution in [3.8, 4) is 0 Å². The highest BCUT2D eigenvalue weighted by molar-refractivity contribution is 5.69. The predicted octanol–water partition coefficient (Wildman–Crippen LogP) is 2.29. The molecule has 0 radical (unpaired) electrons. The summed E-state index contributed by atoms with van der Waals surface area (Å²) in [6.07, 6.45) is 7.55. The Morgan fingerprint density at radius 3 is 2.87 bits per heavy atom. The lowest BCUT2D eigenvalue weighted by atomic mass is 9.72. The first-order valence-electron chi connectivity index (χ1n) is 5.98. The van der Waals surface area contributed by atoms with Gasteiger partial charge in [-0.15, -0.1) is 0 Å². The summed E-state index contributed by atoms with van der Waals surface area (Å²) in [6.45, 7) is 0.873. The minimum atomic E-state index is -0.0863. The van der Waals surface area contributed by atoms with Crippen molar-refractivity contribution in [1.82, 2.24) is 0 Å². The molecule has 1 saturated heterocycles. The lowest BCUT2D eigenvalue weighted by Gasteiger charge is -2.40. The summed E-state index contributed by atoms with van der Waals surface area (Å²) >= 11 is 0. The van der Waals surface area contributed by atoms with Crippen LogP contribution < -0.4 is 0 Å². The average Bonchev–Trinajstić information content (AvgIpc) is 2.71. The van der Waals surface area contributed by atoms with E-state index in [-0.39, 0.29) is 11.6 Å². The Morgan fingerprint density at radius 1 is 1.40 bits per heavy atom. The van der Waals surface area contributed by atoms with Gasteiger partial charge < -0.3 is 9.47 Å². The second kappa shape index (κ2) is 4.52. The molecule has 2 aliphatic rings. The third-order valence-corrected chi connectivity index (χ3v) is 3.92. The normalized spacial score (nSPS) is 35.7. The van der Waals surface area contributed by atoms with Gasteiger partial charge in [0.2, 0.25) is 0 Å². The van der Waals surface area contributed by atoms with Crippen molar-refractivity contribution < 1.29 is 14.3 Å². The van der Waals surface area contributed by atoms with E-state index in [4.69, 9.17) is 9.47 Å². The highest BCUT2D eigenvalue weighted by atomic mass is 16.5. The molecular formula is C12H20O3. The van der Waals surface area contributed by atoms with E-state index in [9.17, 15) is 4.79 Å². The maximum Gasteiger partial charge on any atom is 0.305 e. The molecule has 1 spiro atoms. The van der Waals surface area contributed by atoms with Crippen LogP contribution in [-0.2, 0) is 14.3 Å². The van der Waals surface area contributed by atoms with Gasteiger partial charge in [-0.2, -0.15) is 0 Å². The summed E-state index contributed by atoms with van der Waals surface area (Å²) in [7, 11) is 1.47. The molecule has 2 unspecified atom stereocenters. The van der Waals surface area contributed by atoms with Crippen LogP contribution in [-0.4, -0.2) is 25.3 Å². The van der Waals surface area contributed by atoms with Crippen molar-refractivity contribution >= 4 is 5.97 Å². The highest BCUT2D eigenvalue weighted by Gasteiger charge is 2.44. The Bertz CT molecular complexity index is 231. The van der Waals surface area contributed by atoms with Gasteiger partial charge in [0.1, 0.15) is 0 Å². The van der Waals surface area contributed by atoms with Crippen LogP contribution in [0.25, 0.3) is 0 Å². The van der Waals surface area contributed by atoms with Gasteiger partial charge >= 0.3 is 5.97 Å². The number of esters is 1. The molecule has 2 rings (SSSR count). The zero-order valence-corrected chi connectivity index (χ0v) is 9.46. The standard InChI is InChI=1S/C12H20O3/c1-14-11(13)9-10-5-2-3-6-12(10)7-4-8-15-12/h10H,2-9H2,1H3. The third kappa shape index (κ3) is 2.17. The fourth-order valence-corrected chi connectivity index (χ4v) is 3.09. The minimum Gasteiger partial charge on any atom is -0.469 e. The smallest absolute Gasteiger partial charge is 0.305 e. The van der Waals surface area contributed by atoms with Crippen molar-refractivity contribution in [2.24, 2.45) is 5.92 Å². The van der Waals surface area contributed by atoms with Crippen molar-refractivity contribution in [2.45, 2.75) is 50.5 Å². The number of methoxy groups -OCH3 is 1. The molecule has 0 amide bonds. The molecule has 0 aromatic carbocycles. The largest absolute Gasteiger partial charge is 0.469 e. The summed E-state index contributed by atoms with van der Waals surface area (Å²) in [6, 6.07) is 0. The molecule has 15 heavy (non-hydrogen) atoms. The van der Waals surface area contributed by atoms with Crippen LogP contribution in [0.3, 0.4) is 0 Å². The number of ether oxygens (including phenoxy) is 2. The molecule has 86 valence electrons. The number of carbonyl (C=O) groups is 1. The summed E-state index contributed by atoms with van der Waals surface area (Å²) in [5, 5.41) is 0. The summed E-state index contributed by atoms with van der Waals surface area (Å²) in [4.78, 5) is 11.3. The zero-order valence-electron chi connectivity index (χ0n) is 9.46. The molecule has 0 N–H and O–H groups in total. The molecule has 1 aliphatic carbocycles. The second-order valence-electron chi connectivity index (χ2n) is 4.74. The minimum absolute atomic E-state index is 0.0203. The van der Waals surface area contributed by atoms with Crippen LogP contribution >= 0.6 is 0 Å². The third-order valence-electron chi connectivity index (χ3n) is 3.92. The first kappa shape index (κ1) is 10.9. The fourth-order valence-electron chi connectivity index (χ4n) is 3.09. The van der Waals surface area contributed by atoms with Gasteiger partial charge in [0.05, 0.1) is 19.1 Å². The van der Waals surface area contributed by atoms with Crippen molar-refractivity contribution in [2.75, 3.05) is 13.7 Å². The van der Waals surface area contributed by atoms with Crippen LogP contribution in [0.5, 0.6) is 0 Å². The lowest BCUT2D eigenvalue weighted by Crippen LogP contribution is -2.41. The van der Waals surface area contributed by atoms with E-state index in [2.05, 4.69) is 0 Å². The van der Waals surface area contributed by atoms with E-state index < -0.39 is 0 Å². The molecule has 3 nitrogen and oxygen atoms in total. The number of carbonyl (C=O) groups excluding carboxylic acids is 1. The SMILES string of the molecule is COC(=O)CC1CCCCC12CCCO2. The maximum atomic E-state index is 11.3. The Hall–Kier alpha value is -0.570. The number of rotatable bonds is 2. The quantitative estimate of drug-likeness (QED) is 0.659. The summed E-state index contributed by atoms with van der Waals surface area (Å²) < 4.78 is 10.7. The van der Waals surface area contributed by atoms with Crippen LogP contribution in [0.4, 0.5) is 0 Å². The number of hydrogen-bond donors (Lipinski definition) is 0. The van der Waals surface area contributed by atoms with Gasteiger partial charge in [0.25, 0.3) is 0 Å². The molecule has 2 atom stereocenters. The molecule has 1 aliphatic heterocycles. The zero-order chi connectivity index (χ0) is 10.7. The Kier molecular flexibility index (Phi) is 3.29. The molecule has 0 aromatic rings. The topological polar surface area (TPSA) is 35.5 Å². The van der Waals surface area contributed by atoms with E-state index in [1.54, 1.807) is 0 Å². The average molecular weight is 212 g/mol. The van der Waals surface area contributed by atoms with Crippen molar-refractivity contribution in [3.63, 3.8) is 0 Å². The Labute approximate surface area is 91.1 Å². The number of hydrogen-bond acceptors (Lipinski definition) is 3. The van der Waals surface area contributed by atoms with Crippen molar-refractivity contribution in [3.05, 3.63) is 0 Å². The summed E-state index contributed by atoms with van der Waals surface area (Å²) in [5.74, 6) is 0.304. The van der Waals surface area contributed by atoms with Gasteiger partial charge in [-0.05, 0) is 31.6 Å². The van der Waals surface area contributed by atoms with E-state index in [0.717, 1.165) is 32.3 Å². The molecular weight excluding hydrogens is 192 g/mol. The predicted molar refractivity (Wildman–Crippen MR) is 56.5 cm³/mol. The molecule has 1 saturated carbocycles. The van der Waals surface area contributed by atoms with Crippen LogP contribution in [0.1, 0.15) is 44.9 Å². The van der Waals surface area contributed by atoms with Crippen LogP contribution in [0.15, 0.2) is 0 Å². The van der Waals surface area contributed by atoms with E-state index >= 15 is 0 Å². The molecule has 3 heteroatoms.